The molecule has 7 heteroatoms. The molecule has 0 amide bonds. The third-order valence-corrected chi connectivity index (χ3v) is 8.68. The molecule has 2 aliphatic rings. The summed E-state index contributed by atoms with van der Waals surface area (Å²) in [5.41, 5.74) is 0.845. The van der Waals surface area contributed by atoms with Gasteiger partial charge in [0.1, 0.15) is 11.6 Å². The van der Waals surface area contributed by atoms with Crippen LogP contribution in [-0.4, -0.2) is 29.7 Å². The maximum atomic E-state index is 13.8. The Kier molecular flexibility index (Phi) is 8.37. The Balaban J connectivity index is 1.33. The van der Waals surface area contributed by atoms with E-state index in [4.69, 9.17) is 23.2 Å². The molecule has 0 N–H and O–H groups in total. The number of benzene rings is 2. The van der Waals surface area contributed by atoms with Gasteiger partial charge in [0, 0.05) is 23.0 Å². The first kappa shape index (κ1) is 27.3. The van der Waals surface area contributed by atoms with Gasteiger partial charge in [-0.05, 0) is 12.1 Å². The van der Waals surface area contributed by atoms with Gasteiger partial charge in [-0.2, -0.15) is 0 Å². The Morgan fingerprint density at radius 1 is 0.676 bits per heavy atom. The Morgan fingerprint density at radius 2 is 1.03 bits per heavy atom. The Morgan fingerprint density at radius 3 is 1.38 bits per heavy atom. The van der Waals surface area contributed by atoms with Gasteiger partial charge in [-0.15, -0.1) is 23.2 Å². The summed E-state index contributed by atoms with van der Waals surface area (Å²) in [6, 6.07) is 12.8. The molecule has 0 bridgehead atoms. The maximum Gasteiger partial charge on any atom is 0.152 e. The molecule has 2 aliphatic carbocycles. The van der Waals surface area contributed by atoms with Gasteiger partial charge in [0.2, 0.25) is 0 Å². The van der Waals surface area contributed by atoms with Crippen molar-refractivity contribution in [3.63, 3.8) is 0 Å². The average molecular weight is 560 g/mol. The van der Waals surface area contributed by atoms with Crippen LogP contribution < -0.4 is 0 Å². The van der Waals surface area contributed by atoms with Gasteiger partial charge in [0.05, 0.1) is 21.3 Å². The first-order valence-corrected chi connectivity index (χ1v) is 14.4. The highest BCUT2D eigenvalue weighted by atomic mass is 35.5. The zero-order valence-corrected chi connectivity index (χ0v) is 22.2. The fraction of sp³-hybridized carbons (Fsp3) is 0.200. The maximum absolute atomic E-state index is 13.8. The number of hydrogen-bond donors (Lipinski definition) is 0. The summed E-state index contributed by atoms with van der Waals surface area (Å²) < 4.78 is 53.4. The molecule has 0 atom stereocenters. The predicted molar refractivity (Wildman–Crippen MR) is 150 cm³/mol. The average Bonchev–Trinajstić information content (AvgIpc) is 2.86. The Labute approximate surface area is 226 Å². The fourth-order valence-electron chi connectivity index (χ4n) is 4.08. The molecule has 0 heterocycles. The van der Waals surface area contributed by atoms with Crippen LogP contribution in [0.3, 0.4) is 0 Å². The quantitative estimate of drug-likeness (QED) is 0.247. The van der Waals surface area contributed by atoms with E-state index in [1.54, 1.807) is 109 Å². The van der Waals surface area contributed by atoms with Gasteiger partial charge in [-0.1, -0.05) is 109 Å². The monoisotopic (exact) mass is 558 g/mol. The minimum atomic E-state index is -3.40. The molecule has 0 spiro atoms. The number of rotatable bonds is 8. The van der Waals surface area contributed by atoms with E-state index < -0.39 is 19.6 Å². The summed E-state index contributed by atoms with van der Waals surface area (Å²) in [6.07, 6.45) is 20.5. The summed E-state index contributed by atoms with van der Waals surface area (Å²) >= 11 is 13.2. The molecule has 0 saturated heterocycles. The van der Waals surface area contributed by atoms with Gasteiger partial charge < -0.3 is 0 Å². The molecule has 0 fully saturated rings. The first-order valence-electron chi connectivity index (χ1n) is 11.8. The highest BCUT2D eigenvalue weighted by molar-refractivity contribution is 7.91. The van der Waals surface area contributed by atoms with E-state index in [0.717, 1.165) is 0 Å². The van der Waals surface area contributed by atoms with Crippen molar-refractivity contribution in [3.8, 4) is 0 Å². The molecule has 2 nitrogen and oxygen atoms in total. The first-order chi connectivity index (χ1) is 17.5. The lowest BCUT2D eigenvalue weighted by molar-refractivity contribution is 0.586. The summed E-state index contributed by atoms with van der Waals surface area (Å²) in [5.74, 6) is -1.42. The van der Waals surface area contributed by atoms with Crippen molar-refractivity contribution < 1.29 is 17.2 Å². The van der Waals surface area contributed by atoms with Crippen LogP contribution in [0.5, 0.6) is 0 Å². The molecule has 0 aromatic heterocycles. The van der Waals surface area contributed by atoms with E-state index in [2.05, 4.69) is 0 Å². The van der Waals surface area contributed by atoms with Crippen LogP contribution in [0.2, 0.25) is 0 Å². The summed E-state index contributed by atoms with van der Waals surface area (Å²) in [6.45, 7) is 0. The van der Waals surface area contributed by atoms with Crippen molar-refractivity contribution in [1.82, 2.24) is 0 Å². The van der Waals surface area contributed by atoms with Crippen molar-refractivity contribution in [2.24, 2.45) is 11.8 Å². The lowest BCUT2D eigenvalue weighted by Crippen LogP contribution is -2.25. The number of sulfone groups is 1. The van der Waals surface area contributed by atoms with Crippen LogP contribution in [0.15, 0.2) is 109 Å². The molecular formula is C30H26Cl2F2O2S. The van der Waals surface area contributed by atoms with Crippen LogP contribution in [0, 0.1) is 23.5 Å². The molecule has 0 unspecified atom stereocenters. The van der Waals surface area contributed by atoms with E-state index in [0.29, 0.717) is 11.1 Å². The molecule has 0 radical (unpaired) electrons. The molecule has 2 aromatic carbocycles. The largest absolute Gasteiger partial charge is 0.229 e. The van der Waals surface area contributed by atoms with Crippen molar-refractivity contribution in [3.05, 3.63) is 132 Å². The number of hydrogen-bond acceptors (Lipinski definition) is 2. The van der Waals surface area contributed by atoms with Crippen molar-refractivity contribution in [1.29, 1.82) is 0 Å². The van der Waals surface area contributed by atoms with Gasteiger partial charge in [0.15, 0.2) is 9.84 Å². The van der Waals surface area contributed by atoms with Gasteiger partial charge in [-0.25, -0.2) is 17.2 Å². The zero-order chi connectivity index (χ0) is 26.5. The molecular weight excluding hydrogens is 533 g/mol. The van der Waals surface area contributed by atoms with E-state index >= 15 is 0 Å². The molecule has 2 aromatic rings. The third kappa shape index (κ3) is 7.64. The molecule has 37 heavy (non-hydrogen) atoms. The number of allylic oxidation sites excluding steroid dienone is 10. The molecule has 0 aliphatic heterocycles. The zero-order valence-electron chi connectivity index (χ0n) is 19.9. The second-order valence-corrected chi connectivity index (χ2v) is 12.7. The van der Waals surface area contributed by atoms with Gasteiger partial charge >= 0.3 is 0 Å². The lowest BCUT2D eigenvalue weighted by atomic mass is 9.95. The topological polar surface area (TPSA) is 34.1 Å². The number of alkyl halides is 2. The highest BCUT2D eigenvalue weighted by Crippen LogP contribution is 2.31. The van der Waals surface area contributed by atoms with Crippen molar-refractivity contribution >= 4 is 45.2 Å². The lowest BCUT2D eigenvalue weighted by Gasteiger charge is -2.23. The van der Waals surface area contributed by atoms with E-state index in [9.17, 15) is 17.2 Å². The smallest absolute Gasteiger partial charge is 0.152 e. The fourth-order valence-corrected chi connectivity index (χ4v) is 6.25. The van der Waals surface area contributed by atoms with E-state index in [1.165, 1.54) is 12.1 Å². The Bertz CT molecular complexity index is 1290. The Hall–Kier alpha value is -2.73. The second-order valence-electron chi connectivity index (χ2n) is 9.21. The van der Waals surface area contributed by atoms with Crippen LogP contribution in [0.1, 0.15) is 11.1 Å². The van der Waals surface area contributed by atoms with E-state index in [1.807, 2.05) is 0 Å². The van der Waals surface area contributed by atoms with Crippen LogP contribution in [0.25, 0.3) is 12.2 Å². The highest BCUT2D eigenvalue weighted by Gasteiger charge is 2.27. The third-order valence-electron chi connectivity index (χ3n) is 6.14. The minimum Gasteiger partial charge on any atom is -0.229 e. The second kappa shape index (κ2) is 11.3. The summed E-state index contributed by atoms with van der Waals surface area (Å²) in [5, 5.41) is 0. The predicted octanol–water partition coefficient (Wildman–Crippen LogP) is 7.55. The minimum absolute atomic E-state index is 0.0542. The van der Waals surface area contributed by atoms with Crippen LogP contribution >= 0.6 is 23.2 Å². The van der Waals surface area contributed by atoms with Crippen LogP contribution in [-0.2, 0) is 9.84 Å². The van der Waals surface area contributed by atoms with Gasteiger partial charge in [-0.3, -0.25) is 0 Å². The van der Waals surface area contributed by atoms with Crippen molar-refractivity contribution in [2.75, 3.05) is 11.5 Å². The van der Waals surface area contributed by atoms with E-state index in [-0.39, 0.29) is 35.0 Å². The standard InChI is InChI=1S/C30H26Cl2F2O2S/c31-29(19-13-25-5-1-3-7-27(25)33)15-9-23(10-16-29)21-37(35,36)22-24-11-17-30(32,18-12-24)20-14-26-6-2-4-8-28(26)34/h1-20,23-24H,21-22H2/b19-13-,20-14-. The SMILES string of the molecule is O=S(=O)(CC1C=CC(Cl)(/C=C\c2ccccc2F)C=C1)CC1C=CC(Cl)(/C=C\c2ccccc2F)C=C1. The summed E-state index contributed by atoms with van der Waals surface area (Å²) in [7, 11) is -3.40. The number of halogens is 4. The normalized spacial score (nSPS) is 27.5. The van der Waals surface area contributed by atoms with Crippen molar-refractivity contribution in [2.45, 2.75) is 9.75 Å². The molecule has 4 rings (SSSR count). The van der Waals surface area contributed by atoms with Gasteiger partial charge in [0.25, 0.3) is 0 Å². The van der Waals surface area contributed by atoms with Crippen LogP contribution in [0.4, 0.5) is 8.78 Å². The molecule has 192 valence electrons. The molecule has 0 saturated carbocycles. The summed E-state index contributed by atoms with van der Waals surface area (Å²) in [4.78, 5) is -1.89.